The van der Waals surface area contributed by atoms with Gasteiger partial charge in [0.15, 0.2) is 0 Å². The normalized spacial score (nSPS) is 17.4. The molecule has 1 atom stereocenters. The van der Waals surface area contributed by atoms with Gasteiger partial charge in [-0.1, -0.05) is 0 Å². The molecule has 16 heavy (non-hydrogen) atoms. The Morgan fingerprint density at radius 2 is 2.25 bits per heavy atom. The summed E-state index contributed by atoms with van der Waals surface area (Å²) < 4.78 is 1.83. The second-order valence-corrected chi connectivity index (χ2v) is 4.27. The second kappa shape index (κ2) is 5.01. The molecule has 0 spiro atoms. The van der Waals surface area contributed by atoms with E-state index in [1.54, 1.807) is 6.20 Å². The van der Waals surface area contributed by atoms with Crippen molar-refractivity contribution in [3.8, 4) is 0 Å². The molecule has 5 heteroatoms. The third-order valence-corrected chi connectivity index (χ3v) is 2.78. The van der Waals surface area contributed by atoms with Gasteiger partial charge in [-0.05, 0) is 25.8 Å². The molecule has 2 heterocycles. The van der Waals surface area contributed by atoms with E-state index >= 15 is 0 Å². The van der Waals surface area contributed by atoms with E-state index in [0.29, 0.717) is 6.54 Å². The summed E-state index contributed by atoms with van der Waals surface area (Å²) in [6, 6.07) is 2.04. The highest BCUT2D eigenvalue weighted by Crippen LogP contribution is 2.07. The first-order valence-corrected chi connectivity index (χ1v) is 5.78. The molecule has 2 rings (SSSR count). The van der Waals surface area contributed by atoms with Gasteiger partial charge >= 0.3 is 6.03 Å². The molecule has 0 bridgehead atoms. The number of carbonyl (C=O) groups is 1. The first-order chi connectivity index (χ1) is 7.75. The zero-order chi connectivity index (χ0) is 11.4. The van der Waals surface area contributed by atoms with Crippen LogP contribution in [-0.4, -0.2) is 39.8 Å². The number of nitrogens with zero attached hydrogens (tertiary/aromatic N) is 3. The first-order valence-electron chi connectivity index (χ1n) is 5.78. The molecule has 1 aliphatic heterocycles. The number of amides is 2. The number of nitrogens with one attached hydrogen (secondary N) is 1. The molecule has 1 aromatic rings. The summed E-state index contributed by atoms with van der Waals surface area (Å²) in [5.41, 5.74) is 0. The van der Waals surface area contributed by atoms with Crippen LogP contribution in [0.15, 0.2) is 18.5 Å². The minimum absolute atomic E-state index is 0.0529. The number of likely N-dealkylation sites (tertiary alicyclic amines) is 1. The van der Waals surface area contributed by atoms with Gasteiger partial charge in [-0.2, -0.15) is 5.10 Å². The number of hydrogen-bond donors (Lipinski definition) is 1. The lowest BCUT2D eigenvalue weighted by atomic mass is 10.3. The molecule has 1 N–H and O–H groups in total. The largest absolute Gasteiger partial charge is 0.334 e. The average Bonchev–Trinajstić information content (AvgIpc) is 2.88. The van der Waals surface area contributed by atoms with Crippen molar-refractivity contribution in [2.45, 2.75) is 32.4 Å². The number of rotatable bonds is 3. The monoisotopic (exact) mass is 222 g/mol. The molecule has 1 unspecified atom stereocenters. The summed E-state index contributed by atoms with van der Waals surface area (Å²) in [7, 11) is 0. The van der Waals surface area contributed by atoms with Crippen LogP contribution >= 0.6 is 0 Å². The van der Waals surface area contributed by atoms with E-state index in [0.717, 1.165) is 25.9 Å². The Labute approximate surface area is 95.4 Å². The Bertz CT molecular complexity index is 330. The summed E-state index contributed by atoms with van der Waals surface area (Å²) in [4.78, 5) is 13.6. The van der Waals surface area contributed by atoms with Crippen molar-refractivity contribution in [1.82, 2.24) is 20.0 Å². The van der Waals surface area contributed by atoms with Gasteiger partial charge in [-0.15, -0.1) is 0 Å². The first kappa shape index (κ1) is 11.0. The molecular formula is C11H18N4O. The summed E-state index contributed by atoms with van der Waals surface area (Å²) in [6.07, 6.45) is 5.90. The third-order valence-electron chi connectivity index (χ3n) is 2.78. The zero-order valence-electron chi connectivity index (χ0n) is 9.59. The second-order valence-electron chi connectivity index (χ2n) is 4.27. The van der Waals surface area contributed by atoms with Crippen molar-refractivity contribution >= 4 is 6.03 Å². The van der Waals surface area contributed by atoms with Crippen LogP contribution in [-0.2, 0) is 6.54 Å². The molecule has 0 saturated carbocycles. The highest BCUT2D eigenvalue weighted by atomic mass is 16.2. The summed E-state index contributed by atoms with van der Waals surface area (Å²) in [5, 5.41) is 7.10. The lowest BCUT2D eigenvalue weighted by Crippen LogP contribution is -2.44. The Kier molecular flexibility index (Phi) is 3.44. The van der Waals surface area contributed by atoms with Crippen LogP contribution < -0.4 is 5.32 Å². The van der Waals surface area contributed by atoms with E-state index < -0.39 is 0 Å². The molecule has 1 saturated heterocycles. The molecular weight excluding hydrogens is 204 g/mol. The number of urea groups is 1. The lowest BCUT2D eigenvalue weighted by molar-refractivity contribution is 0.204. The maximum atomic E-state index is 11.8. The Morgan fingerprint density at radius 1 is 1.50 bits per heavy atom. The van der Waals surface area contributed by atoms with Crippen LogP contribution in [0.3, 0.4) is 0 Å². The van der Waals surface area contributed by atoms with Crippen molar-refractivity contribution < 1.29 is 4.79 Å². The van der Waals surface area contributed by atoms with Crippen molar-refractivity contribution in [3.05, 3.63) is 18.5 Å². The molecule has 2 amide bonds. The maximum absolute atomic E-state index is 11.8. The Balaban J connectivity index is 1.78. The van der Waals surface area contributed by atoms with Crippen LogP contribution in [0.2, 0.25) is 0 Å². The summed E-state index contributed by atoms with van der Waals surface area (Å²) >= 11 is 0. The van der Waals surface area contributed by atoms with Gasteiger partial charge in [-0.3, -0.25) is 4.68 Å². The predicted molar refractivity (Wildman–Crippen MR) is 61.0 cm³/mol. The van der Waals surface area contributed by atoms with Gasteiger partial charge < -0.3 is 10.2 Å². The minimum Gasteiger partial charge on any atom is -0.334 e. The Morgan fingerprint density at radius 3 is 2.88 bits per heavy atom. The molecule has 5 nitrogen and oxygen atoms in total. The van der Waals surface area contributed by atoms with E-state index in [1.165, 1.54) is 0 Å². The van der Waals surface area contributed by atoms with Crippen molar-refractivity contribution in [1.29, 1.82) is 0 Å². The number of carbonyl (C=O) groups excluding carboxylic acids is 1. The van der Waals surface area contributed by atoms with Gasteiger partial charge in [0.25, 0.3) is 0 Å². The van der Waals surface area contributed by atoms with Crippen LogP contribution in [0.5, 0.6) is 0 Å². The molecule has 0 aliphatic carbocycles. The third kappa shape index (κ3) is 2.74. The number of hydrogen-bond acceptors (Lipinski definition) is 2. The van der Waals surface area contributed by atoms with Crippen molar-refractivity contribution in [2.75, 3.05) is 13.1 Å². The van der Waals surface area contributed by atoms with Gasteiger partial charge in [0.05, 0.1) is 6.54 Å². The highest BCUT2D eigenvalue weighted by Gasteiger charge is 2.19. The zero-order valence-corrected chi connectivity index (χ0v) is 9.59. The summed E-state index contributed by atoms with van der Waals surface area (Å²) in [6.45, 7) is 4.49. The van der Waals surface area contributed by atoms with Crippen LogP contribution in [0, 0.1) is 0 Å². The van der Waals surface area contributed by atoms with Gasteiger partial charge in [0.1, 0.15) is 0 Å². The van der Waals surface area contributed by atoms with Crippen molar-refractivity contribution in [3.63, 3.8) is 0 Å². The Hall–Kier alpha value is -1.52. The smallest absolute Gasteiger partial charge is 0.317 e. The molecule has 0 aromatic carbocycles. The molecule has 1 aromatic heterocycles. The lowest BCUT2D eigenvalue weighted by Gasteiger charge is -2.20. The summed E-state index contributed by atoms with van der Waals surface area (Å²) in [5.74, 6) is 0. The van der Waals surface area contributed by atoms with Gasteiger partial charge in [0, 0.05) is 31.5 Å². The standard InChI is InChI=1S/C11H18N4O/c1-10(9-15-8-4-5-12-15)13-11(16)14-6-2-3-7-14/h4-5,8,10H,2-3,6-7,9H2,1H3,(H,13,16). The fourth-order valence-electron chi connectivity index (χ4n) is 1.96. The van der Waals surface area contributed by atoms with Gasteiger partial charge in [-0.25, -0.2) is 4.79 Å². The highest BCUT2D eigenvalue weighted by molar-refractivity contribution is 5.74. The molecule has 88 valence electrons. The molecule has 0 radical (unpaired) electrons. The van der Waals surface area contributed by atoms with E-state index in [9.17, 15) is 4.79 Å². The van der Waals surface area contributed by atoms with E-state index in [2.05, 4.69) is 10.4 Å². The topological polar surface area (TPSA) is 50.2 Å². The fourth-order valence-corrected chi connectivity index (χ4v) is 1.96. The number of aromatic nitrogens is 2. The fraction of sp³-hybridized carbons (Fsp3) is 0.636. The van der Waals surface area contributed by atoms with Crippen molar-refractivity contribution in [2.24, 2.45) is 0 Å². The average molecular weight is 222 g/mol. The van der Waals surface area contributed by atoms with E-state index in [-0.39, 0.29) is 12.1 Å². The van der Waals surface area contributed by atoms with Gasteiger partial charge in [0.2, 0.25) is 0 Å². The SMILES string of the molecule is CC(Cn1cccn1)NC(=O)N1CCCC1. The van der Waals surface area contributed by atoms with E-state index in [1.807, 2.05) is 28.8 Å². The van der Waals surface area contributed by atoms with Crippen LogP contribution in [0.25, 0.3) is 0 Å². The minimum atomic E-state index is 0.0529. The predicted octanol–water partition coefficient (Wildman–Crippen LogP) is 1.08. The van der Waals surface area contributed by atoms with E-state index in [4.69, 9.17) is 0 Å². The van der Waals surface area contributed by atoms with Crippen LogP contribution in [0.1, 0.15) is 19.8 Å². The quantitative estimate of drug-likeness (QED) is 0.832. The van der Waals surface area contributed by atoms with Crippen LogP contribution in [0.4, 0.5) is 4.79 Å². The molecule has 1 aliphatic rings. The molecule has 1 fully saturated rings. The maximum Gasteiger partial charge on any atom is 0.317 e.